The molecule has 7 nitrogen and oxygen atoms in total. The number of hydrogen-bond acceptors (Lipinski definition) is 4. The first-order chi connectivity index (χ1) is 17.8. The zero-order chi connectivity index (χ0) is 27.8. The number of benzene rings is 2. The van der Waals surface area contributed by atoms with Crippen LogP contribution in [0.3, 0.4) is 0 Å². The maximum absolute atomic E-state index is 14.3. The number of carbonyl (C=O) groups is 2. The van der Waals surface area contributed by atoms with Crippen LogP contribution in [0.5, 0.6) is 0 Å². The van der Waals surface area contributed by atoms with Crippen molar-refractivity contribution in [2.75, 3.05) is 6.54 Å². The van der Waals surface area contributed by atoms with Crippen LogP contribution in [0.15, 0.2) is 48.5 Å². The second-order valence-electron chi connectivity index (χ2n) is 11.1. The Morgan fingerprint density at radius 3 is 2.32 bits per heavy atom. The van der Waals surface area contributed by atoms with Gasteiger partial charge in [0.05, 0.1) is 23.1 Å². The number of nitrogens with one attached hydrogen (secondary N) is 1. The highest BCUT2D eigenvalue weighted by Crippen LogP contribution is 2.52. The average Bonchev–Trinajstić information content (AvgIpc) is 3.68. The molecule has 1 amide bonds. The van der Waals surface area contributed by atoms with Gasteiger partial charge < -0.3 is 10.0 Å². The van der Waals surface area contributed by atoms with E-state index in [1.807, 2.05) is 44.2 Å². The first kappa shape index (κ1) is 28.9. The first-order valence-electron chi connectivity index (χ1n) is 12.9. The molecule has 1 heterocycles. The van der Waals surface area contributed by atoms with E-state index in [4.69, 9.17) is 23.2 Å². The normalized spacial score (nSPS) is 25.0. The van der Waals surface area contributed by atoms with Gasteiger partial charge in [-0.1, -0.05) is 68.2 Å². The first-order valence-corrected chi connectivity index (χ1v) is 15.2. The summed E-state index contributed by atoms with van der Waals surface area (Å²) in [6, 6.07) is 13.7. The van der Waals surface area contributed by atoms with Crippen LogP contribution in [0.25, 0.3) is 0 Å². The standard InChI is InChI=1S/C28H34Cl2N2O5S/c1-17(2)24(16-31-38(36,37)22-11-12-22)32-26(18-7-9-20(29)10-8-18)23(19-5-4-6-21(30)13-19)14-28(3,27(32)35)15-25(33)34/h4-10,13,17,22-24,26,31H,11-12,14-16H2,1-3H3,(H,33,34)/t23-,24-,26-,28+/m1/s1. The number of likely N-dealkylation sites (tertiary alicyclic amines) is 1. The Balaban J connectivity index is 1.87. The van der Waals surface area contributed by atoms with Gasteiger partial charge in [-0.3, -0.25) is 9.59 Å². The number of hydrogen-bond donors (Lipinski definition) is 2. The maximum Gasteiger partial charge on any atom is 0.304 e. The number of halogens is 2. The minimum absolute atomic E-state index is 0.0394. The van der Waals surface area contributed by atoms with E-state index >= 15 is 0 Å². The molecular formula is C28H34Cl2N2O5S. The molecule has 1 saturated carbocycles. The van der Waals surface area contributed by atoms with E-state index in [9.17, 15) is 23.1 Å². The smallest absolute Gasteiger partial charge is 0.304 e. The fourth-order valence-corrected chi connectivity index (χ4v) is 7.32. The molecule has 2 aromatic carbocycles. The van der Waals surface area contributed by atoms with Gasteiger partial charge in [-0.2, -0.15) is 0 Å². The summed E-state index contributed by atoms with van der Waals surface area (Å²) >= 11 is 12.6. The Morgan fingerprint density at radius 1 is 1.11 bits per heavy atom. The van der Waals surface area contributed by atoms with E-state index < -0.39 is 38.7 Å². The van der Waals surface area contributed by atoms with Crippen molar-refractivity contribution in [3.8, 4) is 0 Å². The number of piperidine rings is 1. The number of rotatable bonds is 10. The van der Waals surface area contributed by atoms with E-state index in [-0.39, 0.29) is 30.7 Å². The van der Waals surface area contributed by atoms with E-state index in [1.165, 1.54) is 0 Å². The van der Waals surface area contributed by atoms with Gasteiger partial charge in [0.2, 0.25) is 15.9 Å². The Hall–Kier alpha value is -2.13. The summed E-state index contributed by atoms with van der Waals surface area (Å²) < 4.78 is 28.2. The maximum atomic E-state index is 14.3. The Labute approximate surface area is 234 Å². The molecule has 2 aliphatic rings. The van der Waals surface area contributed by atoms with E-state index in [2.05, 4.69) is 4.72 Å². The Kier molecular flexibility index (Phi) is 8.48. The predicted molar refractivity (Wildman–Crippen MR) is 149 cm³/mol. The number of nitrogens with zero attached hydrogens (tertiary/aromatic N) is 1. The molecule has 1 saturated heterocycles. The highest BCUT2D eigenvalue weighted by atomic mass is 35.5. The van der Waals surface area contributed by atoms with Gasteiger partial charge in [-0.25, -0.2) is 13.1 Å². The fraction of sp³-hybridized carbons (Fsp3) is 0.500. The average molecular weight is 582 g/mol. The largest absolute Gasteiger partial charge is 0.481 e. The van der Waals surface area contributed by atoms with Gasteiger partial charge in [0.15, 0.2) is 0 Å². The second-order valence-corrected chi connectivity index (χ2v) is 14.0. The van der Waals surface area contributed by atoms with Gasteiger partial charge in [-0.15, -0.1) is 0 Å². The number of carboxylic acids is 1. The second kappa shape index (κ2) is 11.2. The minimum Gasteiger partial charge on any atom is -0.481 e. The molecule has 0 spiro atoms. The lowest BCUT2D eigenvalue weighted by molar-refractivity contribution is -0.161. The number of aliphatic carboxylic acids is 1. The van der Waals surface area contributed by atoms with Crippen molar-refractivity contribution in [2.45, 2.75) is 69.7 Å². The topological polar surface area (TPSA) is 104 Å². The van der Waals surface area contributed by atoms with Crippen LogP contribution in [-0.2, 0) is 19.6 Å². The van der Waals surface area contributed by atoms with Crippen LogP contribution >= 0.6 is 23.2 Å². The molecule has 0 bridgehead atoms. The number of carboxylic acid groups (broad SMARTS) is 1. The predicted octanol–water partition coefficient (Wildman–Crippen LogP) is 5.64. The molecule has 2 fully saturated rings. The lowest BCUT2D eigenvalue weighted by Crippen LogP contribution is -2.59. The molecule has 1 aliphatic heterocycles. The zero-order valence-corrected chi connectivity index (χ0v) is 24.1. The quantitative estimate of drug-likeness (QED) is 0.378. The summed E-state index contributed by atoms with van der Waals surface area (Å²) in [7, 11) is -3.50. The van der Waals surface area contributed by atoms with Crippen molar-refractivity contribution in [1.29, 1.82) is 0 Å². The molecule has 2 aromatic rings. The summed E-state index contributed by atoms with van der Waals surface area (Å²) in [4.78, 5) is 28.0. The van der Waals surface area contributed by atoms with Crippen LogP contribution < -0.4 is 4.72 Å². The molecule has 206 valence electrons. The van der Waals surface area contributed by atoms with E-state index in [0.717, 1.165) is 11.1 Å². The van der Waals surface area contributed by atoms with E-state index in [1.54, 1.807) is 30.0 Å². The lowest BCUT2D eigenvalue weighted by Gasteiger charge is -2.52. The fourth-order valence-electron chi connectivity index (χ4n) is 5.60. The SMILES string of the molecule is CC(C)[C@@H](CNS(=O)(=O)C1CC1)N1C(=O)[C@](C)(CC(=O)O)C[C@H](c2cccc(Cl)c2)[C@H]1c1ccc(Cl)cc1. The molecule has 2 N–H and O–H groups in total. The van der Waals surface area contributed by atoms with Crippen molar-refractivity contribution in [1.82, 2.24) is 9.62 Å². The van der Waals surface area contributed by atoms with Gasteiger partial charge in [0.25, 0.3) is 0 Å². The zero-order valence-electron chi connectivity index (χ0n) is 21.7. The van der Waals surface area contributed by atoms with Gasteiger partial charge in [0, 0.05) is 28.5 Å². The summed E-state index contributed by atoms with van der Waals surface area (Å²) in [5.74, 6) is -1.78. The summed E-state index contributed by atoms with van der Waals surface area (Å²) in [6.07, 6.45) is 1.21. The Morgan fingerprint density at radius 2 is 1.76 bits per heavy atom. The molecule has 0 unspecified atom stereocenters. The van der Waals surface area contributed by atoms with Crippen molar-refractivity contribution in [2.24, 2.45) is 11.3 Å². The van der Waals surface area contributed by atoms with Crippen LogP contribution in [0.4, 0.5) is 0 Å². The van der Waals surface area contributed by atoms with Crippen LogP contribution in [-0.4, -0.2) is 48.1 Å². The van der Waals surface area contributed by atoms with Gasteiger partial charge >= 0.3 is 5.97 Å². The third kappa shape index (κ3) is 6.19. The highest BCUT2D eigenvalue weighted by molar-refractivity contribution is 7.90. The van der Waals surface area contributed by atoms with E-state index in [0.29, 0.717) is 29.3 Å². The van der Waals surface area contributed by atoms with Crippen molar-refractivity contribution >= 4 is 45.1 Å². The molecule has 38 heavy (non-hydrogen) atoms. The molecule has 4 atom stereocenters. The Bertz CT molecular complexity index is 1300. The lowest BCUT2D eigenvalue weighted by atomic mass is 9.66. The van der Waals surface area contributed by atoms with Gasteiger partial charge in [-0.05, 0) is 60.6 Å². The van der Waals surface area contributed by atoms with Crippen molar-refractivity contribution in [3.05, 3.63) is 69.7 Å². The van der Waals surface area contributed by atoms with Crippen LogP contribution in [0, 0.1) is 11.3 Å². The number of amides is 1. The summed E-state index contributed by atoms with van der Waals surface area (Å²) in [5, 5.41) is 10.5. The summed E-state index contributed by atoms with van der Waals surface area (Å²) in [6.45, 7) is 5.62. The monoisotopic (exact) mass is 580 g/mol. The van der Waals surface area contributed by atoms with Crippen LogP contribution in [0.2, 0.25) is 10.0 Å². The van der Waals surface area contributed by atoms with Crippen molar-refractivity contribution in [3.63, 3.8) is 0 Å². The molecule has 1 aliphatic carbocycles. The minimum atomic E-state index is -3.50. The number of sulfonamides is 1. The third-order valence-electron chi connectivity index (χ3n) is 7.72. The third-order valence-corrected chi connectivity index (χ3v) is 10.1. The van der Waals surface area contributed by atoms with Crippen LogP contribution in [0.1, 0.15) is 69.5 Å². The summed E-state index contributed by atoms with van der Waals surface area (Å²) in [5.41, 5.74) is 0.512. The molecule has 0 radical (unpaired) electrons. The number of carbonyl (C=O) groups excluding carboxylic acids is 1. The molecule has 0 aromatic heterocycles. The van der Waals surface area contributed by atoms with Gasteiger partial charge in [0.1, 0.15) is 0 Å². The molecule has 10 heteroatoms. The van der Waals surface area contributed by atoms with Crippen molar-refractivity contribution < 1.29 is 23.1 Å². The molecular weight excluding hydrogens is 547 g/mol. The highest BCUT2D eigenvalue weighted by Gasteiger charge is 2.53. The molecule has 4 rings (SSSR count).